The zero-order valence-electron chi connectivity index (χ0n) is 10.6. The van der Waals surface area contributed by atoms with Gasteiger partial charge >= 0.3 is 0 Å². The quantitative estimate of drug-likeness (QED) is 0.803. The lowest BCUT2D eigenvalue weighted by Gasteiger charge is -2.25. The molecule has 1 rings (SSSR count). The van der Waals surface area contributed by atoms with Crippen LogP contribution in [0.3, 0.4) is 0 Å². The Labute approximate surface area is 97.7 Å². The summed E-state index contributed by atoms with van der Waals surface area (Å²) < 4.78 is 0. The van der Waals surface area contributed by atoms with Crippen LogP contribution in [0.2, 0.25) is 0 Å². The van der Waals surface area contributed by atoms with E-state index in [0.29, 0.717) is 23.6 Å². The molecular weight excluding hydrogens is 200 g/mol. The number of aromatic nitrogens is 2. The highest BCUT2D eigenvalue weighted by Gasteiger charge is 2.17. The summed E-state index contributed by atoms with van der Waals surface area (Å²) in [6.07, 6.45) is 1.48. The van der Waals surface area contributed by atoms with Gasteiger partial charge < -0.3 is 11.1 Å². The lowest BCUT2D eigenvalue weighted by Crippen LogP contribution is -2.24. The van der Waals surface area contributed by atoms with Gasteiger partial charge in [-0.1, -0.05) is 27.7 Å². The van der Waals surface area contributed by atoms with E-state index < -0.39 is 0 Å². The van der Waals surface area contributed by atoms with Crippen LogP contribution in [-0.2, 0) is 0 Å². The Morgan fingerprint density at radius 1 is 1.19 bits per heavy atom. The molecule has 0 saturated carbocycles. The van der Waals surface area contributed by atoms with E-state index in [1.54, 1.807) is 6.07 Å². The summed E-state index contributed by atoms with van der Waals surface area (Å²) >= 11 is 0. The van der Waals surface area contributed by atoms with E-state index >= 15 is 0 Å². The van der Waals surface area contributed by atoms with Gasteiger partial charge in [0, 0.05) is 12.6 Å². The fourth-order valence-corrected chi connectivity index (χ4v) is 1.93. The monoisotopic (exact) mass is 222 g/mol. The summed E-state index contributed by atoms with van der Waals surface area (Å²) in [5, 5.41) is 3.32. The van der Waals surface area contributed by atoms with E-state index in [1.165, 1.54) is 6.33 Å². The standard InChI is InChI=1S/C12H22N4/c1-8(2)10(9(3)4)6-14-12-5-11(13)15-7-16-12/h5,7-10H,6H2,1-4H3,(H3,13,14,15,16). The maximum Gasteiger partial charge on any atom is 0.131 e. The highest BCUT2D eigenvalue weighted by molar-refractivity contribution is 5.43. The average Bonchev–Trinajstić information content (AvgIpc) is 2.16. The van der Waals surface area contributed by atoms with Gasteiger partial charge in [0.15, 0.2) is 0 Å². The molecule has 1 heterocycles. The maximum absolute atomic E-state index is 5.59. The van der Waals surface area contributed by atoms with E-state index in [-0.39, 0.29) is 0 Å². The van der Waals surface area contributed by atoms with Crippen molar-refractivity contribution in [3.05, 3.63) is 12.4 Å². The summed E-state index contributed by atoms with van der Waals surface area (Å²) in [5.74, 6) is 3.26. The molecule has 3 N–H and O–H groups in total. The molecule has 0 aromatic carbocycles. The van der Waals surface area contributed by atoms with Gasteiger partial charge in [0.1, 0.15) is 18.0 Å². The smallest absolute Gasteiger partial charge is 0.131 e. The highest BCUT2D eigenvalue weighted by atomic mass is 15.0. The summed E-state index contributed by atoms with van der Waals surface area (Å²) in [7, 11) is 0. The molecule has 4 nitrogen and oxygen atoms in total. The SMILES string of the molecule is CC(C)C(CNc1cc(N)ncn1)C(C)C. The van der Waals surface area contributed by atoms with E-state index in [0.717, 1.165) is 12.4 Å². The third-order valence-electron chi connectivity index (χ3n) is 2.92. The van der Waals surface area contributed by atoms with Crippen LogP contribution >= 0.6 is 0 Å². The topological polar surface area (TPSA) is 63.8 Å². The van der Waals surface area contributed by atoms with Crippen LogP contribution in [0.25, 0.3) is 0 Å². The number of hydrogen-bond acceptors (Lipinski definition) is 4. The minimum atomic E-state index is 0.503. The van der Waals surface area contributed by atoms with Gasteiger partial charge in [-0.15, -0.1) is 0 Å². The van der Waals surface area contributed by atoms with Gasteiger partial charge in [-0.2, -0.15) is 0 Å². The molecule has 0 aliphatic rings. The molecular formula is C12H22N4. The van der Waals surface area contributed by atoms with Crippen LogP contribution in [0.1, 0.15) is 27.7 Å². The first kappa shape index (κ1) is 12.7. The first-order chi connectivity index (χ1) is 7.50. The predicted molar refractivity (Wildman–Crippen MR) is 68.1 cm³/mol. The molecule has 0 saturated heterocycles. The predicted octanol–water partition coefficient (Wildman–Crippen LogP) is 2.40. The van der Waals surface area contributed by atoms with Crippen molar-refractivity contribution in [1.29, 1.82) is 0 Å². The number of nitrogens with one attached hydrogen (secondary N) is 1. The lowest BCUT2D eigenvalue weighted by atomic mass is 9.85. The van der Waals surface area contributed by atoms with Crippen molar-refractivity contribution < 1.29 is 0 Å². The van der Waals surface area contributed by atoms with Crippen molar-refractivity contribution in [2.75, 3.05) is 17.6 Å². The van der Waals surface area contributed by atoms with Gasteiger partial charge in [0.25, 0.3) is 0 Å². The van der Waals surface area contributed by atoms with Gasteiger partial charge in [-0.25, -0.2) is 9.97 Å². The number of nitrogens with two attached hydrogens (primary N) is 1. The van der Waals surface area contributed by atoms with Gasteiger partial charge in [-0.3, -0.25) is 0 Å². The van der Waals surface area contributed by atoms with Crippen molar-refractivity contribution in [2.24, 2.45) is 17.8 Å². The molecule has 0 radical (unpaired) electrons. The Morgan fingerprint density at radius 3 is 2.31 bits per heavy atom. The van der Waals surface area contributed by atoms with Gasteiger partial charge in [0.05, 0.1) is 0 Å². The number of anilines is 2. The molecule has 1 aromatic heterocycles. The molecule has 90 valence electrons. The summed E-state index contributed by atoms with van der Waals surface area (Å²) in [5.41, 5.74) is 5.59. The first-order valence-electron chi connectivity index (χ1n) is 5.82. The molecule has 0 amide bonds. The van der Waals surface area contributed by atoms with Crippen LogP contribution < -0.4 is 11.1 Å². The highest BCUT2D eigenvalue weighted by Crippen LogP contribution is 2.20. The molecule has 0 bridgehead atoms. The normalized spacial score (nSPS) is 11.4. The third kappa shape index (κ3) is 3.68. The van der Waals surface area contributed by atoms with Crippen molar-refractivity contribution in [2.45, 2.75) is 27.7 Å². The molecule has 0 aliphatic heterocycles. The Hall–Kier alpha value is -1.32. The average molecular weight is 222 g/mol. The van der Waals surface area contributed by atoms with E-state index in [9.17, 15) is 0 Å². The van der Waals surface area contributed by atoms with Crippen molar-refractivity contribution in [3.63, 3.8) is 0 Å². The molecule has 0 atom stereocenters. The Morgan fingerprint density at radius 2 is 1.81 bits per heavy atom. The van der Waals surface area contributed by atoms with E-state index in [4.69, 9.17) is 5.73 Å². The first-order valence-corrected chi connectivity index (χ1v) is 5.82. The van der Waals surface area contributed by atoms with Crippen LogP contribution in [0.15, 0.2) is 12.4 Å². The van der Waals surface area contributed by atoms with E-state index in [1.807, 2.05) is 0 Å². The zero-order valence-corrected chi connectivity index (χ0v) is 10.6. The van der Waals surface area contributed by atoms with Crippen LogP contribution in [0, 0.1) is 17.8 Å². The van der Waals surface area contributed by atoms with Crippen molar-refractivity contribution in [3.8, 4) is 0 Å². The maximum atomic E-state index is 5.59. The molecule has 0 spiro atoms. The minimum absolute atomic E-state index is 0.503. The summed E-state index contributed by atoms with van der Waals surface area (Å²) in [4.78, 5) is 7.99. The summed E-state index contributed by atoms with van der Waals surface area (Å²) in [6, 6.07) is 1.76. The van der Waals surface area contributed by atoms with Crippen LogP contribution in [0.4, 0.5) is 11.6 Å². The van der Waals surface area contributed by atoms with Crippen LogP contribution in [-0.4, -0.2) is 16.5 Å². The number of hydrogen-bond donors (Lipinski definition) is 2. The van der Waals surface area contributed by atoms with E-state index in [2.05, 4.69) is 43.0 Å². The lowest BCUT2D eigenvalue weighted by molar-refractivity contribution is 0.304. The second-order valence-corrected chi connectivity index (χ2v) is 4.86. The molecule has 1 aromatic rings. The third-order valence-corrected chi connectivity index (χ3v) is 2.92. The van der Waals surface area contributed by atoms with Crippen molar-refractivity contribution >= 4 is 11.6 Å². The largest absolute Gasteiger partial charge is 0.384 e. The molecule has 0 fully saturated rings. The van der Waals surface area contributed by atoms with Crippen molar-refractivity contribution in [1.82, 2.24) is 9.97 Å². The number of nitrogen functional groups attached to an aromatic ring is 1. The fourth-order valence-electron chi connectivity index (χ4n) is 1.93. The van der Waals surface area contributed by atoms with Gasteiger partial charge in [-0.05, 0) is 17.8 Å². The second kappa shape index (κ2) is 5.68. The molecule has 0 aliphatic carbocycles. The zero-order chi connectivity index (χ0) is 12.1. The second-order valence-electron chi connectivity index (χ2n) is 4.86. The minimum Gasteiger partial charge on any atom is -0.384 e. The molecule has 4 heteroatoms. The Kier molecular flexibility index (Phi) is 4.52. The Bertz CT molecular complexity index is 315. The number of nitrogens with zero attached hydrogens (tertiary/aromatic N) is 2. The Balaban J connectivity index is 2.55. The number of rotatable bonds is 5. The fraction of sp³-hybridized carbons (Fsp3) is 0.667. The summed E-state index contributed by atoms with van der Waals surface area (Å²) in [6.45, 7) is 9.93. The molecule has 16 heavy (non-hydrogen) atoms. The molecule has 0 unspecified atom stereocenters. The van der Waals surface area contributed by atoms with Crippen LogP contribution in [0.5, 0.6) is 0 Å². The van der Waals surface area contributed by atoms with Gasteiger partial charge in [0.2, 0.25) is 0 Å².